The van der Waals surface area contributed by atoms with Gasteiger partial charge in [-0.05, 0) is 31.2 Å². The zero-order valence-electron chi connectivity index (χ0n) is 15.6. The molecule has 2 N–H and O–H groups in total. The third-order valence-electron chi connectivity index (χ3n) is 4.66. The third-order valence-corrected chi connectivity index (χ3v) is 4.66. The van der Waals surface area contributed by atoms with Gasteiger partial charge in [-0.1, -0.05) is 18.2 Å². The van der Waals surface area contributed by atoms with Crippen molar-refractivity contribution in [3.8, 4) is 22.5 Å². The Hall–Kier alpha value is -3.32. The van der Waals surface area contributed by atoms with Crippen LogP contribution in [0.3, 0.4) is 0 Å². The molecule has 0 unspecified atom stereocenters. The van der Waals surface area contributed by atoms with E-state index in [4.69, 9.17) is 20.4 Å². The number of hydrogen-bond donors (Lipinski definition) is 1. The molecule has 3 heterocycles. The van der Waals surface area contributed by atoms with Gasteiger partial charge in [0.1, 0.15) is 5.82 Å². The van der Waals surface area contributed by atoms with E-state index in [1.165, 1.54) is 0 Å². The van der Waals surface area contributed by atoms with Gasteiger partial charge in [0, 0.05) is 36.0 Å². The molecule has 7 heteroatoms. The number of ketones is 1. The van der Waals surface area contributed by atoms with Gasteiger partial charge in [0.15, 0.2) is 5.78 Å². The summed E-state index contributed by atoms with van der Waals surface area (Å²) in [4.78, 5) is 27.6. The smallest absolute Gasteiger partial charge is 0.226 e. The maximum absolute atomic E-state index is 11.8. The first-order chi connectivity index (χ1) is 13.6. The summed E-state index contributed by atoms with van der Waals surface area (Å²) in [5.41, 5.74) is 9.61. The summed E-state index contributed by atoms with van der Waals surface area (Å²) in [5.74, 6) is 1.12. The minimum Gasteiger partial charge on any atom is -0.384 e. The summed E-state index contributed by atoms with van der Waals surface area (Å²) < 4.78 is 5.45. The van der Waals surface area contributed by atoms with Crippen LogP contribution in [0.4, 0.5) is 11.8 Å². The zero-order chi connectivity index (χ0) is 19.5. The summed E-state index contributed by atoms with van der Waals surface area (Å²) >= 11 is 0. The first kappa shape index (κ1) is 18.1. The minimum atomic E-state index is 0.0206. The Kier molecular flexibility index (Phi) is 4.99. The topological polar surface area (TPSA) is 94.2 Å². The van der Waals surface area contributed by atoms with Gasteiger partial charge in [-0.2, -0.15) is 0 Å². The molecule has 28 heavy (non-hydrogen) atoms. The molecular formula is C21H21N5O2. The molecule has 1 aromatic carbocycles. The Labute approximate surface area is 163 Å². The molecule has 1 fully saturated rings. The quantitative estimate of drug-likeness (QED) is 0.701. The first-order valence-electron chi connectivity index (χ1n) is 9.15. The van der Waals surface area contributed by atoms with E-state index in [1.807, 2.05) is 30.3 Å². The number of Topliss-reactive ketones (excluding diaryl/α,β-unsaturated/α-hetero) is 1. The molecule has 0 saturated carbocycles. The largest absolute Gasteiger partial charge is 0.384 e. The fourth-order valence-electron chi connectivity index (χ4n) is 3.09. The Balaban J connectivity index is 1.82. The number of nitrogen functional groups attached to an aromatic ring is 1. The highest BCUT2D eigenvalue weighted by molar-refractivity contribution is 5.95. The van der Waals surface area contributed by atoms with Gasteiger partial charge in [0.2, 0.25) is 5.95 Å². The van der Waals surface area contributed by atoms with Gasteiger partial charge in [-0.25, -0.2) is 15.0 Å². The van der Waals surface area contributed by atoms with E-state index < -0.39 is 0 Å². The van der Waals surface area contributed by atoms with E-state index in [-0.39, 0.29) is 5.78 Å². The van der Waals surface area contributed by atoms with E-state index in [0.29, 0.717) is 30.5 Å². The Morgan fingerprint density at radius 2 is 1.79 bits per heavy atom. The zero-order valence-corrected chi connectivity index (χ0v) is 15.6. The van der Waals surface area contributed by atoms with E-state index in [0.717, 1.165) is 35.6 Å². The Morgan fingerprint density at radius 1 is 1.04 bits per heavy atom. The molecule has 0 aliphatic carbocycles. The molecule has 0 spiro atoms. The van der Waals surface area contributed by atoms with Crippen LogP contribution in [0, 0.1) is 0 Å². The van der Waals surface area contributed by atoms with Crippen LogP contribution >= 0.6 is 0 Å². The first-order valence-corrected chi connectivity index (χ1v) is 9.15. The summed E-state index contributed by atoms with van der Waals surface area (Å²) in [5, 5.41) is 0. The van der Waals surface area contributed by atoms with Crippen LogP contribution < -0.4 is 10.6 Å². The fourth-order valence-corrected chi connectivity index (χ4v) is 3.09. The lowest BCUT2D eigenvalue weighted by Crippen LogP contribution is -2.37. The van der Waals surface area contributed by atoms with E-state index in [9.17, 15) is 4.79 Å². The van der Waals surface area contributed by atoms with Crippen molar-refractivity contribution in [3.63, 3.8) is 0 Å². The molecule has 4 rings (SSSR count). The van der Waals surface area contributed by atoms with Crippen LogP contribution in [0.2, 0.25) is 0 Å². The number of nitrogens with two attached hydrogens (primary N) is 1. The second-order valence-corrected chi connectivity index (χ2v) is 6.65. The van der Waals surface area contributed by atoms with Gasteiger partial charge in [0.25, 0.3) is 0 Å². The second-order valence-electron chi connectivity index (χ2n) is 6.65. The van der Waals surface area contributed by atoms with Gasteiger partial charge in [-0.3, -0.25) is 4.79 Å². The predicted molar refractivity (Wildman–Crippen MR) is 108 cm³/mol. The Bertz CT molecular complexity index is 998. The molecular weight excluding hydrogens is 354 g/mol. The number of carbonyl (C=O) groups excluding carboxylic acids is 1. The highest BCUT2D eigenvalue weighted by Gasteiger charge is 2.17. The molecule has 0 bridgehead atoms. The van der Waals surface area contributed by atoms with E-state index in [2.05, 4.69) is 9.88 Å². The van der Waals surface area contributed by atoms with Crippen molar-refractivity contribution in [2.45, 2.75) is 6.92 Å². The molecule has 0 amide bonds. The van der Waals surface area contributed by atoms with Crippen LogP contribution in [-0.2, 0) is 4.74 Å². The van der Waals surface area contributed by atoms with Crippen LogP contribution in [0.5, 0.6) is 0 Å². The monoisotopic (exact) mass is 375 g/mol. The van der Waals surface area contributed by atoms with Crippen LogP contribution in [0.1, 0.15) is 17.3 Å². The number of hydrogen-bond acceptors (Lipinski definition) is 7. The van der Waals surface area contributed by atoms with E-state index >= 15 is 0 Å². The lowest BCUT2D eigenvalue weighted by molar-refractivity contribution is 0.101. The van der Waals surface area contributed by atoms with Crippen molar-refractivity contribution in [2.75, 3.05) is 36.9 Å². The van der Waals surface area contributed by atoms with Gasteiger partial charge in [-0.15, -0.1) is 0 Å². The van der Waals surface area contributed by atoms with E-state index in [1.54, 1.807) is 25.3 Å². The maximum atomic E-state index is 11.8. The third kappa shape index (κ3) is 3.84. The lowest BCUT2D eigenvalue weighted by Gasteiger charge is -2.27. The number of benzene rings is 1. The summed E-state index contributed by atoms with van der Waals surface area (Å²) in [7, 11) is 0. The lowest BCUT2D eigenvalue weighted by atomic mass is 10.0. The second kappa shape index (κ2) is 7.74. The number of nitrogens with zero attached hydrogens (tertiary/aromatic N) is 4. The number of morpholine rings is 1. The van der Waals surface area contributed by atoms with Crippen molar-refractivity contribution in [1.29, 1.82) is 0 Å². The summed E-state index contributed by atoms with van der Waals surface area (Å²) in [6, 6.07) is 13.0. The van der Waals surface area contributed by atoms with Gasteiger partial charge in [0.05, 0.1) is 24.6 Å². The van der Waals surface area contributed by atoms with Crippen molar-refractivity contribution >= 4 is 17.5 Å². The molecule has 7 nitrogen and oxygen atoms in total. The van der Waals surface area contributed by atoms with Crippen molar-refractivity contribution in [3.05, 3.63) is 54.2 Å². The van der Waals surface area contributed by atoms with Gasteiger partial charge < -0.3 is 15.4 Å². The van der Waals surface area contributed by atoms with Crippen molar-refractivity contribution in [1.82, 2.24) is 15.0 Å². The minimum absolute atomic E-state index is 0.0206. The van der Waals surface area contributed by atoms with Crippen molar-refractivity contribution in [2.24, 2.45) is 0 Å². The molecule has 2 aromatic heterocycles. The number of pyridine rings is 1. The normalized spacial score (nSPS) is 14.1. The highest BCUT2D eigenvalue weighted by Crippen LogP contribution is 2.27. The molecule has 1 aliphatic rings. The maximum Gasteiger partial charge on any atom is 0.226 e. The number of carbonyl (C=O) groups is 1. The SMILES string of the molecule is CC(=O)c1cccc(-c2cc(-c3ccc(N)nc3)nc(N3CCOCC3)n2)c1. The molecule has 1 aliphatic heterocycles. The fraction of sp³-hybridized carbons (Fsp3) is 0.238. The highest BCUT2D eigenvalue weighted by atomic mass is 16.5. The molecule has 3 aromatic rings. The molecule has 1 saturated heterocycles. The van der Waals surface area contributed by atoms with Crippen molar-refractivity contribution < 1.29 is 9.53 Å². The van der Waals surface area contributed by atoms with Crippen LogP contribution in [-0.4, -0.2) is 47.0 Å². The Morgan fingerprint density at radius 3 is 2.46 bits per heavy atom. The average Bonchev–Trinajstić information content (AvgIpc) is 2.74. The summed E-state index contributed by atoms with van der Waals surface area (Å²) in [6.45, 7) is 4.31. The van der Waals surface area contributed by atoms with Crippen LogP contribution in [0.15, 0.2) is 48.7 Å². The number of anilines is 2. The number of rotatable bonds is 4. The van der Waals surface area contributed by atoms with Crippen LogP contribution in [0.25, 0.3) is 22.5 Å². The number of aromatic nitrogens is 3. The predicted octanol–water partition coefficient (Wildman–Crippen LogP) is 2.83. The summed E-state index contributed by atoms with van der Waals surface area (Å²) in [6.07, 6.45) is 1.70. The average molecular weight is 375 g/mol. The standard InChI is InChI=1S/C21H21N5O2/c1-14(27)15-3-2-4-16(11-15)18-12-19(17-5-6-20(22)23-13-17)25-21(24-18)26-7-9-28-10-8-26/h2-6,11-13H,7-10H2,1H3,(H2,22,23). The molecule has 0 radical (unpaired) electrons. The molecule has 142 valence electrons. The van der Waals surface area contributed by atoms with Gasteiger partial charge >= 0.3 is 0 Å². The number of ether oxygens (including phenoxy) is 1. The molecule has 0 atom stereocenters.